The number of ether oxygens (including phenoxy) is 1. The first kappa shape index (κ1) is 12.9. The molecule has 96 valence electrons. The monoisotopic (exact) mass is 236 g/mol. The summed E-state index contributed by atoms with van der Waals surface area (Å²) in [5.74, 6) is 3.67. The van der Waals surface area contributed by atoms with Gasteiger partial charge in [0, 0.05) is 19.6 Å². The molecule has 0 aromatic heterocycles. The smallest absolute Gasteiger partial charge is 0.0707 e. The van der Waals surface area contributed by atoms with Crippen molar-refractivity contribution in [1.82, 2.24) is 10.2 Å². The van der Waals surface area contributed by atoms with Crippen molar-refractivity contribution in [3.05, 3.63) is 0 Å². The molecule has 0 aromatic rings. The van der Waals surface area contributed by atoms with Crippen molar-refractivity contribution in [2.75, 3.05) is 33.2 Å². The molecule has 17 heavy (non-hydrogen) atoms. The Morgan fingerprint density at radius 1 is 1.24 bits per heavy atom. The van der Waals surface area contributed by atoms with E-state index in [1.807, 2.05) is 7.05 Å². The Bertz CT molecular complexity index is 270. The molecular weight excluding hydrogens is 212 g/mol. The number of likely N-dealkylation sites (N-methyl/N-ethyl adjacent to an activating group) is 1. The van der Waals surface area contributed by atoms with Gasteiger partial charge in [0.25, 0.3) is 0 Å². The van der Waals surface area contributed by atoms with E-state index in [2.05, 4.69) is 16.1 Å². The number of nitrogens with zero attached hydrogens (tertiary/aromatic N) is 1. The summed E-state index contributed by atoms with van der Waals surface area (Å²) in [5.41, 5.74) is 0. The lowest BCUT2D eigenvalue weighted by molar-refractivity contribution is 0.0258. The van der Waals surface area contributed by atoms with Gasteiger partial charge in [0.1, 0.15) is 0 Å². The molecule has 1 aliphatic carbocycles. The molecule has 0 amide bonds. The van der Waals surface area contributed by atoms with Crippen LogP contribution in [0.1, 0.15) is 25.7 Å². The molecule has 1 aliphatic heterocycles. The van der Waals surface area contributed by atoms with Crippen molar-refractivity contribution in [3.63, 3.8) is 0 Å². The molecule has 3 heteroatoms. The van der Waals surface area contributed by atoms with Gasteiger partial charge in [-0.25, -0.2) is 0 Å². The molecule has 0 aromatic carbocycles. The second kappa shape index (κ2) is 6.39. The molecule has 0 spiro atoms. The number of rotatable bonds is 7. The molecule has 1 N–H and O–H groups in total. The Hall–Kier alpha value is -0.560. The van der Waals surface area contributed by atoms with Crippen LogP contribution in [0.5, 0.6) is 0 Å². The van der Waals surface area contributed by atoms with E-state index >= 15 is 0 Å². The average Bonchev–Trinajstić information content (AvgIpc) is 3.00. The van der Waals surface area contributed by atoms with Gasteiger partial charge in [0.05, 0.1) is 18.8 Å². The van der Waals surface area contributed by atoms with E-state index in [4.69, 9.17) is 11.2 Å². The summed E-state index contributed by atoms with van der Waals surface area (Å²) in [6, 6.07) is 0. The van der Waals surface area contributed by atoms with Crippen LogP contribution in [0.3, 0.4) is 0 Å². The van der Waals surface area contributed by atoms with Crippen molar-refractivity contribution >= 4 is 0 Å². The van der Waals surface area contributed by atoms with E-state index in [9.17, 15) is 0 Å². The Morgan fingerprint density at radius 3 is 2.65 bits per heavy atom. The zero-order chi connectivity index (χ0) is 12.1. The van der Waals surface area contributed by atoms with E-state index in [1.54, 1.807) is 0 Å². The zero-order valence-corrected chi connectivity index (χ0v) is 10.8. The zero-order valence-electron chi connectivity index (χ0n) is 10.8. The van der Waals surface area contributed by atoms with Crippen LogP contribution in [-0.2, 0) is 4.74 Å². The highest BCUT2D eigenvalue weighted by atomic mass is 16.5. The molecular formula is C14H24N2O. The normalized spacial score (nSPS) is 28.5. The third-order valence-electron chi connectivity index (χ3n) is 3.62. The summed E-state index contributed by atoms with van der Waals surface area (Å²) in [5, 5.41) is 3.18. The summed E-state index contributed by atoms with van der Waals surface area (Å²) in [6.45, 7) is 3.92. The average molecular weight is 236 g/mol. The Kier molecular flexibility index (Phi) is 4.85. The highest BCUT2D eigenvalue weighted by Gasteiger charge is 2.29. The first-order chi connectivity index (χ1) is 8.31. The molecule has 1 saturated heterocycles. The lowest BCUT2D eigenvalue weighted by Gasteiger charge is -2.23. The SMILES string of the molecule is C#CCN(CC1CC1)CC1CCC(CNC)O1. The summed E-state index contributed by atoms with van der Waals surface area (Å²) in [6.07, 6.45) is 11.3. The molecule has 1 saturated carbocycles. The van der Waals surface area contributed by atoms with Gasteiger partial charge < -0.3 is 10.1 Å². The van der Waals surface area contributed by atoms with Crippen LogP contribution in [0, 0.1) is 18.3 Å². The van der Waals surface area contributed by atoms with Crippen LogP contribution < -0.4 is 5.32 Å². The Labute approximate surface area is 105 Å². The second-order valence-electron chi connectivity index (χ2n) is 5.36. The van der Waals surface area contributed by atoms with Gasteiger partial charge in [-0.3, -0.25) is 4.90 Å². The maximum atomic E-state index is 6.01. The largest absolute Gasteiger partial charge is 0.372 e. The van der Waals surface area contributed by atoms with Gasteiger partial charge in [-0.1, -0.05) is 5.92 Å². The van der Waals surface area contributed by atoms with Crippen molar-refractivity contribution in [3.8, 4) is 12.3 Å². The minimum absolute atomic E-state index is 0.389. The van der Waals surface area contributed by atoms with Crippen LogP contribution >= 0.6 is 0 Å². The fraction of sp³-hybridized carbons (Fsp3) is 0.857. The first-order valence-electron chi connectivity index (χ1n) is 6.77. The highest BCUT2D eigenvalue weighted by Crippen LogP contribution is 2.30. The van der Waals surface area contributed by atoms with Gasteiger partial charge in [-0.05, 0) is 38.6 Å². The second-order valence-corrected chi connectivity index (χ2v) is 5.36. The van der Waals surface area contributed by atoms with Crippen LogP contribution in [0.4, 0.5) is 0 Å². The quantitative estimate of drug-likeness (QED) is 0.670. The predicted octanol–water partition coefficient (Wildman–Crippen LogP) is 1.10. The topological polar surface area (TPSA) is 24.5 Å². The van der Waals surface area contributed by atoms with Gasteiger partial charge in [0.2, 0.25) is 0 Å². The highest BCUT2D eigenvalue weighted by molar-refractivity contribution is 4.91. The molecule has 0 bridgehead atoms. The van der Waals surface area contributed by atoms with E-state index in [0.717, 1.165) is 25.6 Å². The van der Waals surface area contributed by atoms with Gasteiger partial charge >= 0.3 is 0 Å². The van der Waals surface area contributed by atoms with Crippen LogP contribution in [0.15, 0.2) is 0 Å². The van der Waals surface area contributed by atoms with Crippen LogP contribution in [0.25, 0.3) is 0 Å². The fourth-order valence-electron chi connectivity index (χ4n) is 2.58. The van der Waals surface area contributed by atoms with Crippen LogP contribution in [0.2, 0.25) is 0 Å². The van der Waals surface area contributed by atoms with E-state index in [0.29, 0.717) is 12.2 Å². The lowest BCUT2D eigenvalue weighted by Crippen LogP contribution is -2.35. The molecule has 2 fully saturated rings. The minimum Gasteiger partial charge on any atom is -0.372 e. The fourth-order valence-corrected chi connectivity index (χ4v) is 2.58. The molecule has 3 nitrogen and oxygen atoms in total. The Balaban J connectivity index is 1.72. The van der Waals surface area contributed by atoms with Crippen molar-refractivity contribution < 1.29 is 4.74 Å². The number of nitrogens with one attached hydrogen (secondary N) is 1. The summed E-state index contributed by atoms with van der Waals surface area (Å²) < 4.78 is 6.01. The summed E-state index contributed by atoms with van der Waals surface area (Å²) >= 11 is 0. The standard InChI is InChI=1S/C14H24N2O/c1-3-8-16(10-12-4-5-12)11-14-7-6-13(17-14)9-15-2/h1,12-15H,4-11H2,2H3. The van der Waals surface area contributed by atoms with Crippen molar-refractivity contribution in [2.45, 2.75) is 37.9 Å². The maximum absolute atomic E-state index is 6.01. The van der Waals surface area contributed by atoms with Crippen LogP contribution in [-0.4, -0.2) is 50.3 Å². The number of hydrogen-bond donors (Lipinski definition) is 1. The molecule has 2 atom stereocenters. The first-order valence-corrected chi connectivity index (χ1v) is 6.77. The summed E-state index contributed by atoms with van der Waals surface area (Å²) in [7, 11) is 1.98. The van der Waals surface area contributed by atoms with E-state index in [1.165, 1.54) is 32.2 Å². The predicted molar refractivity (Wildman–Crippen MR) is 69.8 cm³/mol. The number of hydrogen-bond acceptors (Lipinski definition) is 3. The molecule has 2 rings (SSSR count). The lowest BCUT2D eigenvalue weighted by atomic mass is 10.2. The van der Waals surface area contributed by atoms with Gasteiger partial charge in [-0.15, -0.1) is 6.42 Å². The van der Waals surface area contributed by atoms with Crippen molar-refractivity contribution in [2.24, 2.45) is 5.92 Å². The molecule has 0 radical (unpaired) electrons. The third kappa shape index (κ3) is 4.31. The molecule has 2 unspecified atom stereocenters. The summed E-state index contributed by atoms with van der Waals surface area (Å²) in [4.78, 5) is 2.39. The van der Waals surface area contributed by atoms with Gasteiger partial charge in [-0.2, -0.15) is 0 Å². The van der Waals surface area contributed by atoms with E-state index < -0.39 is 0 Å². The molecule has 1 heterocycles. The van der Waals surface area contributed by atoms with E-state index in [-0.39, 0.29) is 0 Å². The Morgan fingerprint density at radius 2 is 2.00 bits per heavy atom. The van der Waals surface area contributed by atoms with Gasteiger partial charge in [0.15, 0.2) is 0 Å². The maximum Gasteiger partial charge on any atom is 0.0707 e. The third-order valence-corrected chi connectivity index (χ3v) is 3.62. The minimum atomic E-state index is 0.389. The molecule has 2 aliphatic rings. The van der Waals surface area contributed by atoms with Crippen molar-refractivity contribution in [1.29, 1.82) is 0 Å². The number of terminal acetylenes is 1.